The predicted octanol–water partition coefficient (Wildman–Crippen LogP) is -0.556. The molecule has 1 aromatic carbocycles. The van der Waals surface area contributed by atoms with Gasteiger partial charge in [-0.05, 0) is 36.1 Å². The van der Waals surface area contributed by atoms with Gasteiger partial charge in [0, 0.05) is 20.5 Å². The van der Waals surface area contributed by atoms with Crippen molar-refractivity contribution in [2.45, 2.75) is 49.4 Å². The van der Waals surface area contributed by atoms with Crippen molar-refractivity contribution in [1.29, 1.82) is 0 Å². The van der Waals surface area contributed by atoms with E-state index in [1.807, 2.05) is 20.4 Å². The summed E-state index contributed by atoms with van der Waals surface area (Å²) >= 11 is 1.57. The number of aliphatic hydroxyl groups excluding tert-OH is 2. The number of carbonyl (C=O) groups excluding carboxylic acids is 2. The molecule has 3 aromatic rings. The molecule has 4 rings (SSSR count). The highest BCUT2D eigenvalue weighted by atomic mass is 32.2. The van der Waals surface area contributed by atoms with E-state index in [-0.39, 0.29) is 6.42 Å². The molecule has 0 aliphatic carbocycles. The Morgan fingerprint density at radius 2 is 1.95 bits per heavy atom. The first kappa shape index (κ1) is 31.4. The van der Waals surface area contributed by atoms with Gasteiger partial charge in [-0.3, -0.25) is 14.2 Å². The molecule has 0 spiro atoms. The maximum Gasteiger partial charge on any atom is 0.243 e. The van der Waals surface area contributed by atoms with Gasteiger partial charge in [0.25, 0.3) is 0 Å². The summed E-state index contributed by atoms with van der Waals surface area (Å²) in [5.74, 6) is 0.914. The Hall–Kier alpha value is -3.50. The van der Waals surface area contributed by atoms with Crippen molar-refractivity contribution >= 4 is 40.6 Å². The Morgan fingerprint density at radius 1 is 1.21 bits per heavy atom. The summed E-state index contributed by atoms with van der Waals surface area (Å²) in [5.41, 5.74) is 7.77. The molecule has 228 valence electrons. The first-order chi connectivity index (χ1) is 20.2. The molecule has 15 heteroatoms. The minimum Gasteiger partial charge on any atom is -0.497 e. The van der Waals surface area contributed by atoms with Gasteiger partial charge < -0.3 is 41.0 Å². The lowest BCUT2D eigenvalue weighted by atomic mass is 10.0. The van der Waals surface area contributed by atoms with Crippen LogP contribution in [0.3, 0.4) is 0 Å². The molecule has 1 fully saturated rings. The third-order valence-corrected chi connectivity index (χ3v) is 7.75. The van der Waals surface area contributed by atoms with Crippen molar-refractivity contribution in [1.82, 2.24) is 30.2 Å². The van der Waals surface area contributed by atoms with Crippen LogP contribution in [0, 0.1) is 0 Å². The summed E-state index contributed by atoms with van der Waals surface area (Å²) in [5, 5.41) is 27.0. The van der Waals surface area contributed by atoms with E-state index in [9.17, 15) is 19.8 Å². The number of nitrogens with one attached hydrogen (secondary N) is 2. The molecular weight excluding hydrogens is 564 g/mol. The average Bonchev–Trinajstić information content (AvgIpc) is 3.55. The van der Waals surface area contributed by atoms with E-state index in [1.54, 1.807) is 52.6 Å². The minimum absolute atomic E-state index is 0.157. The normalized spacial score (nSPS) is 21.6. The number of rotatable bonds is 13. The molecule has 14 nitrogen and oxygen atoms in total. The van der Waals surface area contributed by atoms with Gasteiger partial charge in [-0.15, -0.1) is 0 Å². The number of hydrogen-bond donors (Lipinski definition) is 5. The van der Waals surface area contributed by atoms with E-state index in [0.717, 1.165) is 5.56 Å². The maximum absolute atomic E-state index is 13.6. The van der Waals surface area contributed by atoms with Gasteiger partial charge in [-0.1, -0.05) is 12.1 Å². The lowest BCUT2D eigenvalue weighted by Gasteiger charge is -2.26. The quantitative estimate of drug-likeness (QED) is 0.168. The van der Waals surface area contributed by atoms with Crippen LogP contribution in [-0.2, 0) is 20.7 Å². The van der Waals surface area contributed by atoms with Gasteiger partial charge in [-0.2, -0.15) is 11.8 Å². The van der Waals surface area contributed by atoms with Gasteiger partial charge in [0.1, 0.15) is 30.3 Å². The van der Waals surface area contributed by atoms with Gasteiger partial charge in [0.2, 0.25) is 11.8 Å². The van der Waals surface area contributed by atoms with Gasteiger partial charge in [0.15, 0.2) is 23.2 Å². The zero-order chi connectivity index (χ0) is 30.4. The van der Waals surface area contributed by atoms with Crippen molar-refractivity contribution in [3.05, 3.63) is 42.5 Å². The Morgan fingerprint density at radius 3 is 2.60 bits per heavy atom. The molecule has 1 aliphatic heterocycles. The molecule has 0 radical (unpaired) electrons. The van der Waals surface area contributed by atoms with Crippen LogP contribution >= 0.6 is 11.8 Å². The highest BCUT2D eigenvalue weighted by Crippen LogP contribution is 2.32. The van der Waals surface area contributed by atoms with Crippen LogP contribution in [0.4, 0.5) is 5.82 Å². The molecule has 1 saturated heterocycles. The number of benzene rings is 1. The second kappa shape index (κ2) is 14.1. The topological polar surface area (TPSA) is 190 Å². The Labute approximate surface area is 248 Å². The number of fused-ring (bicyclic) bond motifs is 1. The highest BCUT2D eigenvalue weighted by molar-refractivity contribution is 7.98. The summed E-state index contributed by atoms with van der Waals surface area (Å²) in [4.78, 5) is 41.3. The largest absolute Gasteiger partial charge is 0.497 e. The van der Waals surface area contributed by atoms with Crippen LogP contribution in [0.25, 0.3) is 11.2 Å². The summed E-state index contributed by atoms with van der Waals surface area (Å²) in [6, 6.07) is 4.32. The van der Waals surface area contributed by atoms with Crippen molar-refractivity contribution in [3.63, 3.8) is 0 Å². The lowest BCUT2D eigenvalue weighted by Crippen LogP contribution is -2.57. The molecule has 3 heterocycles. The molecular formula is C27H38N8O6S. The third kappa shape index (κ3) is 6.93. The monoisotopic (exact) mass is 602 g/mol. The maximum atomic E-state index is 13.6. The summed E-state index contributed by atoms with van der Waals surface area (Å²) in [7, 11) is 5.21. The SMILES string of the molecule is COc1ccc(C[C@H](NC(=O)[C@@H](N)CCSC)C(=O)NC2[C@@H](O)[C@H](n3cnc4c(N(C)C)ncnc43)O[C@@H]2CO)cc1. The van der Waals surface area contributed by atoms with E-state index in [0.29, 0.717) is 34.9 Å². The number of methoxy groups -OCH3 is 1. The van der Waals surface area contributed by atoms with E-state index in [4.69, 9.17) is 15.2 Å². The van der Waals surface area contributed by atoms with Crippen LogP contribution in [0.15, 0.2) is 36.9 Å². The number of carbonyl (C=O) groups is 2. The van der Waals surface area contributed by atoms with E-state index < -0.39 is 55.0 Å². The molecule has 0 saturated carbocycles. The van der Waals surface area contributed by atoms with Crippen molar-refractivity contribution in [2.24, 2.45) is 5.73 Å². The number of anilines is 1. The standard InChI is InChI=1S/C27H38N8O6S/c1-34(2)23-21-24(30-13-29-23)35(14-31-21)27-22(37)20(19(12-36)41-27)33-26(39)18(32-25(38)17(28)9-10-42-4)11-15-5-7-16(40-3)8-6-15/h5-8,13-14,17-20,22,27,36-37H,9-12,28H2,1-4H3,(H,32,38)(H,33,39)/t17-,18-,19+,20?,22+,27+/m0/s1. The molecule has 1 unspecified atom stereocenters. The smallest absolute Gasteiger partial charge is 0.243 e. The number of aromatic nitrogens is 4. The number of ether oxygens (including phenoxy) is 2. The van der Waals surface area contributed by atoms with Crippen LogP contribution < -0.4 is 26.0 Å². The van der Waals surface area contributed by atoms with Crippen molar-refractivity contribution < 1.29 is 29.3 Å². The van der Waals surface area contributed by atoms with Crippen LogP contribution in [0.2, 0.25) is 0 Å². The predicted molar refractivity (Wildman–Crippen MR) is 158 cm³/mol. The first-order valence-corrected chi connectivity index (χ1v) is 14.8. The number of imidazole rings is 1. The fourth-order valence-corrected chi connectivity index (χ4v) is 5.28. The van der Waals surface area contributed by atoms with E-state index >= 15 is 0 Å². The number of aliphatic hydroxyl groups is 2. The van der Waals surface area contributed by atoms with Crippen molar-refractivity contribution in [3.8, 4) is 5.75 Å². The summed E-state index contributed by atoms with van der Waals surface area (Å²) in [6.45, 7) is -0.474. The lowest BCUT2D eigenvalue weighted by molar-refractivity contribution is -0.130. The van der Waals surface area contributed by atoms with Crippen LogP contribution in [0.5, 0.6) is 5.75 Å². The van der Waals surface area contributed by atoms with E-state index in [2.05, 4.69) is 25.6 Å². The molecule has 6 N–H and O–H groups in total. The Kier molecular flexibility index (Phi) is 10.6. The highest BCUT2D eigenvalue weighted by Gasteiger charge is 2.46. The fourth-order valence-electron chi connectivity index (χ4n) is 4.79. The summed E-state index contributed by atoms with van der Waals surface area (Å²) in [6.07, 6.45) is 2.17. The fraction of sp³-hybridized carbons (Fsp3) is 0.519. The minimum atomic E-state index is -1.28. The summed E-state index contributed by atoms with van der Waals surface area (Å²) < 4.78 is 12.7. The number of nitrogens with zero attached hydrogens (tertiary/aromatic N) is 5. The molecule has 2 amide bonds. The number of hydrogen-bond acceptors (Lipinski definition) is 12. The number of thioether (sulfide) groups is 1. The Bertz CT molecular complexity index is 1360. The molecule has 42 heavy (non-hydrogen) atoms. The van der Waals surface area contributed by atoms with Crippen LogP contribution in [0.1, 0.15) is 18.2 Å². The molecule has 0 bridgehead atoms. The average molecular weight is 603 g/mol. The third-order valence-electron chi connectivity index (χ3n) is 7.10. The zero-order valence-electron chi connectivity index (χ0n) is 24.0. The second-order valence-electron chi connectivity index (χ2n) is 10.2. The number of amides is 2. The molecule has 2 aromatic heterocycles. The van der Waals surface area contributed by atoms with Gasteiger partial charge in [-0.25, -0.2) is 15.0 Å². The van der Waals surface area contributed by atoms with Gasteiger partial charge >= 0.3 is 0 Å². The second-order valence-corrected chi connectivity index (χ2v) is 11.2. The molecule has 6 atom stereocenters. The number of nitrogens with two attached hydrogens (primary N) is 1. The zero-order valence-corrected chi connectivity index (χ0v) is 24.8. The van der Waals surface area contributed by atoms with E-state index in [1.165, 1.54) is 12.7 Å². The first-order valence-electron chi connectivity index (χ1n) is 13.5. The van der Waals surface area contributed by atoms with Crippen molar-refractivity contribution in [2.75, 3.05) is 44.7 Å². The molecule has 1 aliphatic rings. The Balaban J connectivity index is 1.55. The van der Waals surface area contributed by atoms with Crippen LogP contribution in [-0.4, -0.2) is 112 Å². The van der Waals surface area contributed by atoms with Gasteiger partial charge in [0.05, 0.1) is 32.1 Å².